The molecule has 1 saturated carbocycles. The van der Waals surface area contributed by atoms with E-state index >= 15 is 0 Å². The molecule has 0 unspecified atom stereocenters. The number of amides is 1. The van der Waals surface area contributed by atoms with Crippen molar-refractivity contribution in [1.29, 1.82) is 0 Å². The SMILES string of the molecule is CCOC(=O)N1CC[NH+](CC2=CC[C@H]3C[C@@H]2C3(C)C)CC1. The van der Waals surface area contributed by atoms with Gasteiger partial charge in [-0.3, -0.25) is 4.90 Å². The predicted octanol–water partition coefficient (Wildman–Crippen LogP) is 1.34. The van der Waals surface area contributed by atoms with Crippen LogP contribution in [0.25, 0.3) is 0 Å². The molecule has 0 aromatic heterocycles. The topological polar surface area (TPSA) is 34.0 Å². The molecular formula is C17H29N2O2+. The van der Waals surface area contributed by atoms with Gasteiger partial charge in [0.2, 0.25) is 0 Å². The Kier molecular flexibility index (Phi) is 4.00. The van der Waals surface area contributed by atoms with Gasteiger partial charge in [0.05, 0.1) is 39.3 Å². The van der Waals surface area contributed by atoms with Crippen molar-refractivity contribution in [2.45, 2.75) is 33.6 Å². The zero-order chi connectivity index (χ0) is 15.0. The standard InChI is InChI=1S/C17H28N2O2/c1-4-21-16(20)19-9-7-18(8-10-19)12-13-5-6-14-11-15(13)17(14,2)3/h5,14-15H,4,6-12H2,1-3H3/p+1/t14-,15-/m0/s1. The molecule has 3 aliphatic carbocycles. The first kappa shape index (κ1) is 14.9. The molecule has 4 rings (SSSR count). The first-order chi connectivity index (χ1) is 10.0. The second-order valence-corrected chi connectivity index (χ2v) is 7.43. The molecule has 1 aliphatic heterocycles. The van der Waals surface area contributed by atoms with Crippen molar-refractivity contribution in [3.63, 3.8) is 0 Å². The van der Waals surface area contributed by atoms with Crippen LogP contribution in [0.3, 0.4) is 0 Å². The summed E-state index contributed by atoms with van der Waals surface area (Å²) in [5, 5.41) is 0. The third-order valence-corrected chi connectivity index (χ3v) is 6.03. The third-order valence-electron chi connectivity index (χ3n) is 6.03. The summed E-state index contributed by atoms with van der Waals surface area (Å²) in [4.78, 5) is 15.2. The van der Waals surface area contributed by atoms with Crippen LogP contribution in [0.4, 0.5) is 4.79 Å². The van der Waals surface area contributed by atoms with E-state index in [-0.39, 0.29) is 6.09 Å². The summed E-state index contributed by atoms with van der Waals surface area (Å²) >= 11 is 0. The Morgan fingerprint density at radius 1 is 1.43 bits per heavy atom. The van der Waals surface area contributed by atoms with E-state index in [1.165, 1.54) is 19.4 Å². The Bertz CT molecular complexity index is 436. The minimum Gasteiger partial charge on any atom is -0.450 e. The lowest BCUT2D eigenvalue weighted by Crippen LogP contribution is -3.15. The van der Waals surface area contributed by atoms with Crippen molar-refractivity contribution in [3.8, 4) is 0 Å². The molecule has 1 N–H and O–H groups in total. The molecule has 1 saturated heterocycles. The lowest BCUT2D eigenvalue weighted by molar-refractivity contribution is -0.899. The molecule has 0 aromatic rings. The van der Waals surface area contributed by atoms with Gasteiger partial charge in [0, 0.05) is 0 Å². The van der Waals surface area contributed by atoms with Crippen molar-refractivity contribution in [2.24, 2.45) is 17.3 Å². The van der Waals surface area contributed by atoms with Gasteiger partial charge in [-0.2, -0.15) is 0 Å². The number of nitrogens with zero attached hydrogens (tertiary/aromatic N) is 1. The fourth-order valence-corrected chi connectivity index (χ4v) is 4.36. The zero-order valence-electron chi connectivity index (χ0n) is 13.7. The van der Waals surface area contributed by atoms with Crippen molar-refractivity contribution in [2.75, 3.05) is 39.3 Å². The summed E-state index contributed by atoms with van der Waals surface area (Å²) in [6, 6.07) is 0. The number of hydrogen-bond donors (Lipinski definition) is 1. The second kappa shape index (κ2) is 5.64. The van der Waals surface area contributed by atoms with Crippen molar-refractivity contribution < 1.29 is 14.4 Å². The van der Waals surface area contributed by atoms with E-state index in [1.54, 1.807) is 10.5 Å². The summed E-state index contributed by atoms with van der Waals surface area (Å²) < 4.78 is 5.08. The van der Waals surface area contributed by atoms with Crippen LogP contribution in [0, 0.1) is 17.3 Å². The summed E-state index contributed by atoms with van der Waals surface area (Å²) in [7, 11) is 0. The highest BCUT2D eigenvalue weighted by atomic mass is 16.6. The largest absolute Gasteiger partial charge is 0.450 e. The van der Waals surface area contributed by atoms with Crippen molar-refractivity contribution >= 4 is 6.09 Å². The van der Waals surface area contributed by atoms with Gasteiger partial charge in [0.25, 0.3) is 0 Å². The monoisotopic (exact) mass is 293 g/mol. The summed E-state index contributed by atoms with van der Waals surface area (Å²) in [5.74, 6) is 1.73. The van der Waals surface area contributed by atoms with Gasteiger partial charge in [0.1, 0.15) is 0 Å². The normalized spacial score (nSPS) is 31.4. The number of carbonyl (C=O) groups excluding carboxylic acids is 1. The molecule has 0 spiro atoms. The Balaban J connectivity index is 1.50. The Morgan fingerprint density at radius 2 is 2.14 bits per heavy atom. The smallest absolute Gasteiger partial charge is 0.410 e. The van der Waals surface area contributed by atoms with Crippen molar-refractivity contribution in [3.05, 3.63) is 11.6 Å². The van der Waals surface area contributed by atoms with Gasteiger partial charge in [-0.05, 0) is 42.6 Å². The number of fused-ring (bicyclic) bond motifs is 1. The summed E-state index contributed by atoms with van der Waals surface area (Å²) in [5.41, 5.74) is 2.21. The molecule has 4 heteroatoms. The molecule has 0 radical (unpaired) electrons. The van der Waals surface area contributed by atoms with Crippen LogP contribution in [0.15, 0.2) is 11.6 Å². The molecule has 1 heterocycles. The highest BCUT2D eigenvalue weighted by molar-refractivity contribution is 5.67. The minimum atomic E-state index is -0.142. The predicted molar refractivity (Wildman–Crippen MR) is 82.2 cm³/mol. The van der Waals surface area contributed by atoms with E-state index in [1.807, 2.05) is 11.8 Å². The fourth-order valence-electron chi connectivity index (χ4n) is 4.36. The van der Waals surface area contributed by atoms with E-state index in [0.717, 1.165) is 38.0 Å². The van der Waals surface area contributed by atoms with Gasteiger partial charge in [-0.15, -0.1) is 0 Å². The maximum absolute atomic E-state index is 11.7. The molecule has 118 valence electrons. The molecular weight excluding hydrogens is 264 g/mol. The molecule has 1 amide bonds. The van der Waals surface area contributed by atoms with Gasteiger partial charge in [0.15, 0.2) is 0 Å². The van der Waals surface area contributed by atoms with E-state index in [9.17, 15) is 4.79 Å². The van der Waals surface area contributed by atoms with E-state index < -0.39 is 0 Å². The Morgan fingerprint density at radius 3 is 2.71 bits per heavy atom. The zero-order valence-corrected chi connectivity index (χ0v) is 13.7. The van der Waals surface area contributed by atoms with E-state index in [0.29, 0.717) is 12.0 Å². The number of carbonyl (C=O) groups is 1. The highest BCUT2D eigenvalue weighted by Gasteiger charge is 2.51. The number of quaternary nitrogens is 1. The molecule has 0 aromatic carbocycles. The summed E-state index contributed by atoms with van der Waals surface area (Å²) in [6.45, 7) is 12.1. The van der Waals surface area contributed by atoms with E-state index in [2.05, 4.69) is 19.9 Å². The first-order valence-corrected chi connectivity index (χ1v) is 8.46. The molecule has 2 atom stereocenters. The molecule has 4 nitrogen and oxygen atoms in total. The minimum absolute atomic E-state index is 0.142. The number of rotatable bonds is 3. The van der Waals surface area contributed by atoms with Crippen LogP contribution in [0.2, 0.25) is 0 Å². The van der Waals surface area contributed by atoms with Crippen molar-refractivity contribution in [1.82, 2.24) is 4.90 Å². The third kappa shape index (κ3) is 2.70. The highest BCUT2D eigenvalue weighted by Crippen LogP contribution is 2.58. The van der Waals surface area contributed by atoms with Crippen LogP contribution in [-0.4, -0.2) is 50.3 Å². The number of nitrogens with one attached hydrogen (secondary N) is 1. The van der Waals surface area contributed by atoms with Gasteiger partial charge in [-0.1, -0.05) is 19.9 Å². The molecule has 4 aliphatic rings. The Labute approximate surface area is 128 Å². The summed E-state index contributed by atoms with van der Waals surface area (Å²) in [6.07, 6.45) is 5.05. The lowest BCUT2D eigenvalue weighted by atomic mass is 9.49. The molecule has 2 fully saturated rings. The number of piperazine rings is 1. The van der Waals surface area contributed by atoms with Crippen LogP contribution >= 0.6 is 0 Å². The number of ether oxygens (including phenoxy) is 1. The maximum atomic E-state index is 11.7. The number of allylic oxidation sites excluding steroid dienone is 1. The van der Waals surface area contributed by atoms with Crippen LogP contribution in [0.1, 0.15) is 33.6 Å². The van der Waals surface area contributed by atoms with Crippen LogP contribution in [0.5, 0.6) is 0 Å². The van der Waals surface area contributed by atoms with Gasteiger partial charge < -0.3 is 9.64 Å². The fraction of sp³-hybridized carbons (Fsp3) is 0.824. The quantitative estimate of drug-likeness (QED) is 0.797. The number of hydrogen-bond acceptors (Lipinski definition) is 2. The van der Waals surface area contributed by atoms with Gasteiger partial charge in [-0.25, -0.2) is 4.79 Å². The molecule has 2 bridgehead atoms. The average Bonchev–Trinajstić information content (AvgIpc) is 2.48. The maximum Gasteiger partial charge on any atom is 0.410 e. The molecule has 21 heavy (non-hydrogen) atoms. The second-order valence-electron chi connectivity index (χ2n) is 7.43. The Hall–Kier alpha value is -1.03. The lowest BCUT2D eigenvalue weighted by Gasteiger charge is -2.56. The van der Waals surface area contributed by atoms with E-state index in [4.69, 9.17) is 4.74 Å². The van der Waals surface area contributed by atoms with Crippen LogP contribution in [-0.2, 0) is 4.74 Å². The van der Waals surface area contributed by atoms with Crippen LogP contribution < -0.4 is 4.90 Å². The average molecular weight is 293 g/mol. The first-order valence-electron chi connectivity index (χ1n) is 8.46. The van der Waals surface area contributed by atoms with Gasteiger partial charge >= 0.3 is 6.09 Å².